The summed E-state index contributed by atoms with van der Waals surface area (Å²) in [7, 11) is 1.94. The maximum absolute atomic E-state index is 12.5. The highest BCUT2D eigenvalue weighted by molar-refractivity contribution is 7.99. The number of thioether (sulfide) groups is 1. The summed E-state index contributed by atoms with van der Waals surface area (Å²) in [5, 5.41) is 9.37. The smallest absolute Gasteiger partial charge is 0.233 e. The maximum Gasteiger partial charge on any atom is 0.233 e. The molecule has 3 rings (SSSR count). The van der Waals surface area contributed by atoms with E-state index < -0.39 is 0 Å². The van der Waals surface area contributed by atoms with Crippen LogP contribution in [0.25, 0.3) is 11.4 Å². The minimum absolute atomic E-state index is 0.172. The second kappa shape index (κ2) is 8.47. The molecule has 0 aliphatic heterocycles. The van der Waals surface area contributed by atoms with Crippen molar-refractivity contribution in [3.63, 3.8) is 0 Å². The Balaban J connectivity index is 1.65. The van der Waals surface area contributed by atoms with Gasteiger partial charge in [0.15, 0.2) is 11.0 Å². The zero-order valence-electron chi connectivity index (χ0n) is 14.9. The maximum atomic E-state index is 12.5. The van der Waals surface area contributed by atoms with Crippen LogP contribution in [-0.2, 0) is 11.3 Å². The van der Waals surface area contributed by atoms with Gasteiger partial charge >= 0.3 is 0 Å². The largest absolute Gasteiger partial charge is 0.342 e. The molecular formula is C18H25N5OS. The van der Waals surface area contributed by atoms with E-state index in [0.717, 1.165) is 35.9 Å². The van der Waals surface area contributed by atoms with Gasteiger partial charge in [-0.3, -0.25) is 9.78 Å². The van der Waals surface area contributed by atoms with E-state index in [1.165, 1.54) is 31.0 Å². The van der Waals surface area contributed by atoms with Gasteiger partial charge in [0.25, 0.3) is 0 Å². The van der Waals surface area contributed by atoms with Crippen LogP contribution in [-0.4, -0.2) is 49.4 Å². The number of rotatable bonds is 6. The third-order valence-corrected chi connectivity index (χ3v) is 5.74. The molecule has 1 amide bonds. The fourth-order valence-electron chi connectivity index (χ4n) is 3.29. The summed E-state index contributed by atoms with van der Waals surface area (Å²) in [6, 6.07) is 4.26. The van der Waals surface area contributed by atoms with Crippen molar-refractivity contribution in [1.82, 2.24) is 24.6 Å². The molecule has 0 atom stereocenters. The summed E-state index contributed by atoms with van der Waals surface area (Å²) < 4.78 is 2.04. The molecule has 1 aliphatic rings. The monoisotopic (exact) mass is 359 g/mol. The number of carbonyl (C=O) groups excluding carboxylic acids is 1. The van der Waals surface area contributed by atoms with Gasteiger partial charge in [-0.25, -0.2) is 0 Å². The molecule has 0 saturated heterocycles. The second-order valence-corrected chi connectivity index (χ2v) is 7.32. The molecule has 2 aromatic rings. The van der Waals surface area contributed by atoms with E-state index in [9.17, 15) is 4.79 Å². The summed E-state index contributed by atoms with van der Waals surface area (Å²) in [6.07, 6.45) is 9.54. The van der Waals surface area contributed by atoms with Gasteiger partial charge in [0, 0.05) is 37.6 Å². The molecule has 1 fully saturated rings. The minimum atomic E-state index is 0.172. The van der Waals surface area contributed by atoms with E-state index in [2.05, 4.69) is 22.1 Å². The van der Waals surface area contributed by atoms with Crippen molar-refractivity contribution >= 4 is 17.7 Å². The first kappa shape index (κ1) is 17.9. The highest BCUT2D eigenvalue weighted by Crippen LogP contribution is 2.25. The van der Waals surface area contributed by atoms with E-state index >= 15 is 0 Å². The van der Waals surface area contributed by atoms with Crippen molar-refractivity contribution < 1.29 is 4.79 Å². The first-order valence-electron chi connectivity index (χ1n) is 8.92. The number of aromatic nitrogens is 4. The van der Waals surface area contributed by atoms with Crippen molar-refractivity contribution in [2.24, 2.45) is 0 Å². The molecule has 1 saturated carbocycles. The average molecular weight is 359 g/mol. The molecule has 1 aliphatic carbocycles. The van der Waals surface area contributed by atoms with E-state index in [4.69, 9.17) is 0 Å². The molecule has 0 unspecified atom stereocenters. The summed E-state index contributed by atoms with van der Waals surface area (Å²) in [5.41, 5.74) is 0.939. The molecule has 0 radical (unpaired) electrons. The van der Waals surface area contributed by atoms with Crippen LogP contribution in [0.5, 0.6) is 0 Å². The normalized spacial score (nSPS) is 15.3. The molecule has 0 bridgehead atoms. The first-order valence-corrected chi connectivity index (χ1v) is 9.91. The van der Waals surface area contributed by atoms with Crippen molar-refractivity contribution in [2.75, 3.05) is 12.8 Å². The van der Waals surface area contributed by atoms with Gasteiger partial charge in [0.05, 0.1) is 5.75 Å². The number of pyridine rings is 1. The Bertz CT molecular complexity index is 697. The van der Waals surface area contributed by atoms with Crippen molar-refractivity contribution in [2.45, 2.75) is 56.8 Å². The standard InChI is InChI=1S/C18H25N5OS/c1-3-23-17(14-8-7-11-19-12-14)20-21-18(23)25-13-16(24)22(2)15-9-5-4-6-10-15/h7-8,11-12,15H,3-6,9-10,13H2,1-2H3. The molecule has 0 N–H and O–H groups in total. The Kier molecular flexibility index (Phi) is 6.07. The Morgan fingerprint density at radius 3 is 2.80 bits per heavy atom. The van der Waals surface area contributed by atoms with E-state index in [1.807, 2.05) is 28.6 Å². The molecule has 0 aromatic carbocycles. The zero-order chi connectivity index (χ0) is 17.6. The van der Waals surface area contributed by atoms with Crippen LogP contribution in [0.15, 0.2) is 29.7 Å². The summed E-state index contributed by atoms with van der Waals surface area (Å²) in [4.78, 5) is 18.6. The lowest BCUT2D eigenvalue weighted by Gasteiger charge is -2.31. The number of hydrogen-bond donors (Lipinski definition) is 0. The number of nitrogens with zero attached hydrogens (tertiary/aromatic N) is 5. The highest BCUT2D eigenvalue weighted by atomic mass is 32.2. The van der Waals surface area contributed by atoms with E-state index in [1.54, 1.807) is 12.4 Å². The van der Waals surface area contributed by atoms with E-state index in [0.29, 0.717) is 11.8 Å². The lowest BCUT2D eigenvalue weighted by atomic mass is 9.94. The zero-order valence-corrected chi connectivity index (χ0v) is 15.7. The second-order valence-electron chi connectivity index (χ2n) is 6.38. The Morgan fingerprint density at radius 2 is 2.12 bits per heavy atom. The van der Waals surface area contributed by atoms with Crippen LogP contribution in [0.1, 0.15) is 39.0 Å². The van der Waals surface area contributed by atoms with Gasteiger partial charge in [-0.2, -0.15) is 0 Å². The number of hydrogen-bond acceptors (Lipinski definition) is 5. The van der Waals surface area contributed by atoms with Crippen molar-refractivity contribution in [3.8, 4) is 11.4 Å². The predicted octanol–water partition coefficient (Wildman–Crippen LogP) is 3.24. The quantitative estimate of drug-likeness (QED) is 0.741. The minimum Gasteiger partial charge on any atom is -0.342 e. The van der Waals surface area contributed by atoms with Crippen LogP contribution in [0.2, 0.25) is 0 Å². The Hall–Kier alpha value is -1.89. The molecule has 134 valence electrons. The topological polar surface area (TPSA) is 63.9 Å². The molecule has 25 heavy (non-hydrogen) atoms. The van der Waals surface area contributed by atoms with Gasteiger partial charge in [-0.1, -0.05) is 31.0 Å². The van der Waals surface area contributed by atoms with Crippen LogP contribution < -0.4 is 0 Å². The number of amides is 1. The van der Waals surface area contributed by atoms with Gasteiger partial charge in [-0.05, 0) is 31.9 Å². The third-order valence-electron chi connectivity index (χ3n) is 4.79. The Labute approximate surface area is 153 Å². The molecule has 2 aromatic heterocycles. The molecule has 6 nitrogen and oxygen atoms in total. The molecule has 2 heterocycles. The highest BCUT2D eigenvalue weighted by Gasteiger charge is 2.23. The van der Waals surface area contributed by atoms with Gasteiger partial charge in [0.1, 0.15) is 0 Å². The van der Waals surface area contributed by atoms with Gasteiger partial charge in [0.2, 0.25) is 5.91 Å². The fourth-order valence-corrected chi connectivity index (χ4v) is 4.22. The first-order chi connectivity index (χ1) is 12.2. The van der Waals surface area contributed by atoms with Crippen molar-refractivity contribution in [1.29, 1.82) is 0 Å². The summed E-state index contributed by atoms with van der Waals surface area (Å²) in [6.45, 7) is 2.81. The van der Waals surface area contributed by atoms with Crippen LogP contribution in [0.4, 0.5) is 0 Å². The lowest BCUT2D eigenvalue weighted by molar-refractivity contribution is -0.129. The fraction of sp³-hybridized carbons (Fsp3) is 0.556. The Morgan fingerprint density at radius 1 is 1.32 bits per heavy atom. The SMILES string of the molecule is CCn1c(SCC(=O)N(C)C2CCCCC2)nnc1-c1cccnc1. The van der Waals surface area contributed by atoms with Gasteiger partial charge < -0.3 is 9.47 Å². The molecule has 7 heteroatoms. The lowest BCUT2D eigenvalue weighted by Crippen LogP contribution is -2.39. The molecule has 0 spiro atoms. The van der Waals surface area contributed by atoms with Gasteiger partial charge in [-0.15, -0.1) is 10.2 Å². The number of carbonyl (C=O) groups is 1. The van der Waals surface area contributed by atoms with Crippen molar-refractivity contribution in [3.05, 3.63) is 24.5 Å². The van der Waals surface area contributed by atoms with Crippen LogP contribution in [0.3, 0.4) is 0 Å². The average Bonchev–Trinajstić information content (AvgIpc) is 3.09. The molecular weight excluding hydrogens is 334 g/mol. The van der Waals surface area contributed by atoms with Crippen LogP contribution in [0, 0.1) is 0 Å². The van der Waals surface area contributed by atoms with E-state index in [-0.39, 0.29) is 5.91 Å². The summed E-state index contributed by atoms with van der Waals surface area (Å²) >= 11 is 1.47. The third kappa shape index (κ3) is 4.21. The van der Waals surface area contributed by atoms with Crippen LogP contribution >= 0.6 is 11.8 Å². The predicted molar refractivity (Wildman–Crippen MR) is 99.3 cm³/mol. The summed E-state index contributed by atoms with van der Waals surface area (Å²) in [5.74, 6) is 1.37.